The standard InChI is InChI=1S/C25H15N7O2/c26-14-18-15-29-32(25-27-11-6-12-28-25)24(18)31-30-21-19-10-5-4-9-17(19)13-20(23(21)34)22(33)16-7-2-1-3-8-16/h1-13,15,34H. The highest BCUT2D eigenvalue weighted by Gasteiger charge is 2.20. The maximum atomic E-state index is 13.1. The number of phenols is 1. The van der Waals surface area contributed by atoms with Gasteiger partial charge in [-0.1, -0.05) is 54.6 Å². The quantitative estimate of drug-likeness (QED) is 0.298. The summed E-state index contributed by atoms with van der Waals surface area (Å²) in [5.74, 6) is -0.352. The number of rotatable bonds is 5. The first-order valence-corrected chi connectivity index (χ1v) is 10.2. The van der Waals surface area contributed by atoms with Crippen molar-refractivity contribution in [3.8, 4) is 17.8 Å². The van der Waals surface area contributed by atoms with E-state index in [4.69, 9.17) is 0 Å². The monoisotopic (exact) mass is 445 g/mol. The van der Waals surface area contributed by atoms with Crippen LogP contribution in [0.5, 0.6) is 5.75 Å². The summed E-state index contributed by atoms with van der Waals surface area (Å²) in [6.45, 7) is 0. The highest BCUT2D eigenvalue weighted by atomic mass is 16.3. The van der Waals surface area contributed by atoms with E-state index in [0.29, 0.717) is 16.3 Å². The highest BCUT2D eigenvalue weighted by Crippen LogP contribution is 2.40. The minimum absolute atomic E-state index is 0.0944. The first kappa shape index (κ1) is 20.7. The Kier molecular flexibility index (Phi) is 5.30. The summed E-state index contributed by atoms with van der Waals surface area (Å²) in [6.07, 6.45) is 4.40. The normalized spacial score (nSPS) is 11.0. The van der Waals surface area contributed by atoms with Crippen molar-refractivity contribution in [1.82, 2.24) is 19.7 Å². The molecule has 162 valence electrons. The summed E-state index contributed by atoms with van der Waals surface area (Å²) in [5, 5.41) is 34.5. The Balaban J connectivity index is 1.67. The van der Waals surface area contributed by atoms with Crippen LogP contribution < -0.4 is 0 Å². The number of carbonyl (C=O) groups excluding carboxylic acids is 1. The Morgan fingerprint density at radius 3 is 2.47 bits per heavy atom. The first-order valence-electron chi connectivity index (χ1n) is 10.2. The molecule has 0 atom stereocenters. The zero-order valence-electron chi connectivity index (χ0n) is 17.6. The summed E-state index contributed by atoms with van der Waals surface area (Å²) in [6, 6.07) is 21.2. The summed E-state index contributed by atoms with van der Waals surface area (Å²) >= 11 is 0. The summed E-state index contributed by atoms with van der Waals surface area (Å²) in [4.78, 5) is 21.4. The molecule has 0 unspecified atom stereocenters. The van der Waals surface area contributed by atoms with Crippen molar-refractivity contribution in [3.05, 3.63) is 102 Å². The van der Waals surface area contributed by atoms with E-state index in [9.17, 15) is 15.2 Å². The Hall–Kier alpha value is -5.23. The van der Waals surface area contributed by atoms with E-state index >= 15 is 0 Å². The number of hydrogen-bond acceptors (Lipinski definition) is 8. The third-order valence-corrected chi connectivity index (χ3v) is 5.13. The molecule has 0 saturated heterocycles. The Labute approximate surface area is 193 Å². The lowest BCUT2D eigenvalue weighted by atomic mass is 9.97. The van der Waals surface area contributed by atoms with Gasteiger partial charge in [0.05, 0.1) is 11.8 Å². The van der Waals surface area contributed by atoms with Crippen LogP contribution in [-0.2, 0) is 0 Å². The van der Waals surface area contributed by atoms with E-state index in [-0.39, 0.29) is 40.1 Å². The number of nitriles is 1. The van der Waals surface area contributed by atoms with E-state index in [1.54, 1.807) is 48.5 Å². The second-order valence-electron chi connectivity index (χ2n) is 7.19. The molecule has 1 N–H and O–H groups in total. The van der Waals surface area contributed by atoms with Crippen LogP contribution in [0, 0.1) is 11.3 Å². The van der Waals surface area contributed by atoms with E-state index < -0.39 is 0 Å². The predicted molar refractivity (Wildman–Crippen MR) is 124 cm³/mol. The van der Waals surface area contributed by atoms with E-state index in [1.807, 2.05) is 24.3 Å². The maximum Gasteiger partial charge on any atom is 0.252 e. The number of aromatic nitrogens is 4. The smallest absolute Gasteiger partial charge is 0.252 e. The number of nitrogens with zero attached hydrogens (tertiary/aromatic N) is 7. The number of carbonyl (C=O) groups is 1. The lowest BCUT2D eigenvalue weighted by Gasteiger charge is -2.10. The molecule has 9 heteroatoms. The Bertz CT molecular complexity index is 1590. The van der Waals surface area contributed by atoms with Gasteiger partial charge >= 0.3 is 0 Å². The molecule has 0 aliphatic carbocycles. The summed E-state index contributed by atoms with van der Waals surface area (Å²) in [7, 11) is 0. The molecule has 0 bridgehead atoms. The lowest BCUT2D eigenvalue weighted by Crippen LogP contribution is -2.02. The zero-order valence-corrected chi connectivity index (χ0v) is 17.6. The van der Waals surface area contributed by atoms with E-state index in [2.05, 4.69) is 25.3 Å². The summed E-state index contributed by atoms with van der Waals surface area (Å²) < 4.78 is 1.28. The van der Waals surface area contributed by atoms with Crippen molar-refractivity contribution >= 4 is 28.1 Å². The van der Waals surface area contributed by atoms with Gasteiger partial charge in [-0.2, -0.15) is 15.0 Å². The van der Waals surface area contributed by atoms with E-state index in [0.717, 1.165) is 0 Å². The molecule has 0 aliphatic heterocycles. The second kappa shape index (κ2) is 8.72. The van der Waals surface area contributed by atoms with Gasteiger partial charge in [-0.3, -0.25) is 4.79 Å². The molecular weight excluding hydrogens is 430 g/mol. The fraction of sp³-hybridized carbons (Fsp3) is 0. The summed E-state index contributed by atoms with van der Waals surface area (Å²) in [5.41, 5.74) is 0.779. The number of ketones is 1. The molecule has 2 heterocycles. The third-order valence-electron chi connectivity index (χ3n) is 5.13. The van der Waals surface area contributed by atoms with Gasteiger partial charge in [0.1, 0.15) is 17.3 Å². The van der Waals surface area contributed by atoms with E-state index in [1.165, 1.54) is 23.3 Å². The number of hydrogen-bond donors (Lipinski definition) is 1. The van der Waals surface area contributed by atoms with Crippen molar-refractivity contribution in [3.63, 3.8) is 0 Å². The number of azo groups is 1. The lowest BCUT2D eigenvalue weighted by molar-refractivity contribution is 0.103. The zero-order chi connectivity index (χ0) is 23.5. The molecule has 0 radical (unpaired) electrons. The van der Waals surface area contributed by atoms with Crippen molar-refractivity contribution in [1.29, 1.82) is 5.26 Å². The van der Waals surface area contributed by atoms with Gasteiger partial charge in [0.25, 0.3) is 5.95 Å². The molecule has 0 saturated carbocycles. The van der Waals surface area contributed by atoms with Crippen LogP contribution in [0.4, 0.5) is 11.5 Å². The SMILES string of the molecule is N#Cc1cnn(-c2ncccn2)c1N=Nc1c(O)c(C(=O)c2ccccc2)cc2ccccc12. The number of fused-ring (bicyclic) bond motifs is 1. The van der Waals surface area contributed by atoms with Crippen LogP contribution in [0.25, 0.3) is 16.7 Å². The molecule has 34 heavy (non-hydrogen) atoms. The molecule has 0 fully saturated rings. The Morgan fingerprint density at radius 2 is 1.71 bits per heavy atom. The van der Waals surface area contributed by atoms with Crippen LogP contribution >= 0.6 is 0 Å². The second-order valence-corrected chi connectivity index (χ2v) is 7.19. The third kappa shape index (κ3) is 3.65. The van der Waals surface area contributed by atoms with Crippen LogP contribution in [0.1, 0.15) is 21.5 Å². The highest BCUT2D eigenvalue weighted by molar-refractivity contribution is 6.14. The fourth-order valence-electron chi connectivity index (χ4n) is 3.50. The van der Waals surface area contributed by atoms with Crippen molar-refractivity contribution in [2.45, 2.75) is 0 Å². The van der Waals surface area contributed by atoms with Gasteiger partial charge in [0.2, 0.25) is 0 Å². The number of aromatic hydroxyl groups is 1. The number of benzene rings is 3. The van der Waals surface area contributed by atoms with Crippen LogP contribution in [0.3, 0.4) is 0 Å². The van der Waals surface area contributed by atoms with Gasteiger partial charge in [0.15, 0.2) is 17.4 Å². The minimum Gasteiger partial charge on any atom is -0.505 e. The van der Waals surface area contributed by atoms with Gasteiger partial charge in [-0.25, -0.2) is 9.97 Å². The van der Waals surface area contributed by atoms with Crippen molar-refractivity contribution in [2.24, 2.45) is 10.2 Å². The average molecular weight is 445 g/mol. The molecule has 0 amide bonds. The maximum absolute atomic E-state index is 13.1. The van der Waals surface area contributed by atoms with Gasteiger partial charge in [-0.15, -0.1) is 10.2 Å². The number of phenolic OH excluding ortho intramolecular Hbond substituents is 1. The largest absolute Gasteiger partial charge is 0.505 e. The molecule has 9 nitrogen and oxygen atoms in total. The molecule has 5 aromatic rings. The van der Waals surface area contributed by atoms with Gasteiger partial charge in [0, 0.05) is 23.3 Å². The molecule has 2 aromatic heterocycles. The molecule has 3 aromatic carbocycles. The molecule has 0 spiro atoms. The van der Waals surface area contributed by atoms with Gasteiger partial charge < -0.3 is 5.11 Å². The minimum atomic E-state index is -0.347. The first-order chi connectivity index (χ1) is 16.7. The van der Waals surface area contributed by atoms with Crippen LogP contribution in [0.2, 0.25) is 0 Å². The average Bonchev–Trinajstić information content (AvgIpc) is 3.31. The molecule has 0 aliphatic rings. The molecule has 5 rings (SSSR count). The predicted octanol–water partition coefficient (Wildman–Crippen LogP) is 5.04. The fourth-order valence-corrected chi connectivity index (χ4v) is 3.50. The molecular formula is C25H15N7O2. The van der Waals surface area contributed by atoms with Crippen molar-refractivity contribution in [2.75, 3.05) is 0 Å². The topological polar surface area (TPSA) is 129 Å². The Morgan fingerprint density at radius 1 is 0.971 bits per heavy atom. The van der Waals surface area contributed by atoms with Crippen LogP contribution in [-0.4, -0.2) is 30.6 Å². The van der Waals surface area contributed by atoms with Gasteiger partial charge in [-0.05, 0) is 17.5 Å². The van der Waals surface area contributed by atoms with Crippen molar-refractivity contribution < 1.29 is 9.90 Å². The van der Waals surface area contributed by atoms with Crippen LogP contribution in [0.15, 0.2) is 95.5 Å².